The predicted molar refractivity (Wildman–Crippen MR) is 108 cm³/mol. The quantitative estimate of drug-likeness (QED) is 0.603. The van der Waals surface area contributed by atoms with E-state index in [1.807, 2.05) is 37.3 Å². The predicted octanol–water partition coefficient (Wildman–Crippen LogP) is 5.22. The Morgan fingerprint density at radius 2 is 1.78 bits per heavy atom. The van der Waals surface area contributed by atoms with E-state index in [2.05, 4.69) is 10.1 Å². The number of aromatic nitrogens is 4. The monoisotopic (exact) mass is 402 g/mol. The highest BCUT2D eigenvalue weighted by molar-refractivity contribution is 6.30. The third kappa shape index (κ3) is 3.66. The van der Waals surface area contributed by atoms with Crippen LogP contribution in [-0.2, 0) is 0 Å². The van der Waals surface area contributed by atoms with Crippen molar-refractivity contribution in [2.24, 2.45) is 0 Å². The maximum absolute atomic E-state index is 13.2. The summed E-state index contributed by atoms with van der Waals surface area (Å²) in [6.45, 7) is 1.89. The van der Waals surface area contributed by atoms with Gasteiger partial charge in [0.1, 0.15) is 5.15 Å². The van der Waals surface area contributed by atoms with E-state index in [1.54, 1.807) is 15.4 Å². The molecule has 1 aliphatic carbocycles. The number of hydrogen-bond acceptors (Lipinski definition) is 3. The smallest absolute Gasteiger partial charge is 0.296 e. The number of nitrogens with zero attached hydrogens (tertiary/aromatic N) is 4. The fourth-order valence-electron chi connectivity index (χ4n) is 3.72. The fourth-order valence-corrected chi connectivity index (χ4v) is 4.03. The molecule has 5 nitrogen and oxygen atoms in total. The topological polar surface area (TPSA) is 52.7 Å². The third-order valence-corrected chi connectivity index (χ3v) is 5.46. The Kier molecular flexibility index (Phi) is 5.06. The molecule has 0 spiro atoms. The Balaban J connectivity index is 1.86. The molecule has 0 bridgehead atoms. The lowest BCUT2D eigenvalue weighted by Crippen LogP contribution is -2.30. The Morgan fingerprint density at radius 1 is 1.07 bits per heavy atom. The molecule has 3 aromatic rings. The first-order valence-corrected chi connectivity index (χ1v) is 9.90. The van der Waals surface area contributed by atoms with Gasteiger partial charge in [-0.1, -0.05) is 54.6 Å². The SMILES string of the molecule is Cc1cc(-c2ccc(Cl)cc2)n(-c2nc(Cl)cn(C3CCCCC3)c2=O)n1. The minimum absolute atomic E-state index is 0.162. The molecule has 0 atom stereocenters. The van der Waals surface area contributed by atoms with Gasteiger partial charge in [-0.3, -0.25) is 4.79 Å². The summed E-state index contributed by atoms with van der Waals surface area (Å²) in [6.07, 6.45) is 7.11. The van der Waals surface area contributed by atoms with E-state index < -0.39 is 0 Å². The van der Waals surface area contributed by atoms with E-state index in [4.69, 9.17) is 23.2 Å². The fraction of sp³-hybridized carbons (Fsp3) is 0.350. The van der Waals surface area contributed by atoms with Crippen molar-refractivity contribution in [3.05, 3.63) is 62.8 Å². The van der Waals surface area contributed by atoms with Crippen LogP contribution in [0.15, 0.2) is 41.3 Å². The first-order valence-electron chi connectivity index (χ1n) is 9.14. The first kappa shape index (κ1) is 18.3. The Labute approximate surface area is 167 Å². The van der Waals surface area contributed by atoms with Crippen molar-refractivity contribution in [3.8, 4) is 17.1 Å². The van der Waals surface area contributed by atoms with Crippen molar-refractivity contribution in [1.29, 1.82) is 0 Å². The van der Waals surface area contributed by atoms with Gasteiger partial charge >= 0.3 is 0 Å². The van der Waals surface area contributed by atoms with Crippen molar-refractivity contribution < 1.29 is 0 Å². The number of benzene rings is 1. The van der Waals surface area contributed by atoms with Gasteiger partial charge in [-0.05, 0) is 38.0 Å². The van der Waals surface area contributed by atoms with Crippen molar-refractivity contribution in [3.63, 3.8) is 0 Å². The highest BCUT2D eigenvalue weighted by Crippen LogP contribution is 2.28. The third-order valence-electron chi connectivity index (χ3n) is 5.02. The van der Waals surface area contributed by atoms with E-state index in [0.29, 0.717) is 10.2 Å². The average Bonchev–Trinajstić information content (AvgIpc) is 3.06. The second kappa shape index (κ2) is 7.49. The molecule has 0 saturated heterocycles. The number of hydrogen-bond donors (Lipinski definition) is 0. The molecule has 1 saturated carbocycles. The van der Waals surface area contributed by atoms with Gasteiger partial charge in [-0.25, -0.2) is 9.67 Å². The number of halogens is 2. The zero-order chi connectivity index (χ0) is 19.0. The molecule has 1 aromatic carbocycles. The molecular formula is C20H20Cl2N4O. The van der Waals surface area contributed by atoms with Crippen LogP contribution < -0.4 is 5.56 Å². The number of rotatable bonds is 3. The molecule has 7 heteroatoms. The van der Waals surface area contributed by atoms with Crippen LogP contribution in [0, 0.1) is 6.92 Å². The molecule has 4 rings (SSSR count). The molecule has 0 N–H and O–H groups in total. The van der Waals surface area contributed by atoms with Crippen LogP contribution >= 0.6 is 23.2 Å². The summed E-state index contributed by atoms with van der Waals surface area (Å²) in [4.78, 5) is 17.5. The van der Waals surface area contributed by atoms with E-state index in [0.717, 1.165) is 42.6 Å². The van der Waals surface area contributed by atoms with E-state index >= 15 is 0 Å². The van der Waals surface area contributed by atoms with Crippen molar-refractivity contribution in [1.82, 2.24) is 19.3 Å². The van der Waals surface area contributed by atoms with Gasteiger partial charge < -0.3 is 4.57 Å². The molecule has 2 heterocycles. The molecule has 1 fully saturated rings. The summed E-state index contributed by atoms with van der Waals surface area (Å²) in [6, 6.07) is 9.53. The van der Waals surface area contributed by atoms with Crippen LogP contribution in [0.2, 0.25) is 10.2 Å². The van der Waals surface area contributed by atoms with Gasteiger partial charge in [0.05, 0.1) is 11.4 Å². The van der Waals surface area contributed by atoms with Crippen molar-refractivity contribution in [2.45, 2.75) is 45.1 Å². The molecule has 1 aliphatic rings. The molecule has 140 valence electrons. The maximum atomic E-state index is 13.2. The van der Waals surface area contributed by atoms with Crippen LogP contribution in [0.1, 0.15) is 43.8 Å². The summed E-state index contributed by atoms with van der Waals surface area (Å²) >= 11 is 12.3. The molecule has 27 heavy (non-hydrogen) atoms. The largest absolute Gasteiger partial charge is 0.306 e. The van der Waals surface area contributed by atoms with E-state index in [9.17, 15) is 4.79 Å². The first-order chi connectivity index (χ1) is 13.0. The molecular weight excluding hydrogens is 383 g/mol. The summed E-state index contributed by atoms with van der Waals surface area (Å²) in [5.41, 5.74) is 2.33. The maximum Gasteiger partial charge on any atom is 0.296 e. The summed E-state index contributed by atoms with van der Waals surface area (Å²) in [5.74, 6) is 0.228. The summed E-state index contributed by atoms with van der Waals surface area (Å²) in [5, 5.41) is 5.47. The van der Waals surface area contributed by atoms with Crippen LogP contribution in [0.5, 0.6) is 0 Å². The summed E-state index contributed by atoms with van der Waals surface area (Å²) < 4.78 is 3.33. The summed E-state index contributed by atoms with van der Waals surface area (Å²) in [7, 11) is 0. The molecule has 0 aliphatic heterocycles. The minimum Gasteiger partial charge on any atom is -0.306 e. The molecule has 2 aromatic heterocycles. The van der Waals surface area contributed by atoms with E-state index in [-0.39, 0.29) is 17.4 Å². The Hall–Kier alpha value is -2.11. The van der Waals surface area contributed by atoms with Gasteiger partial charge in [0.15, 0.2) is 0 Å². The van der Waals surface area contributed by atoms with Gasteiger partial charge in [0.2, 0.25) is 5.82 Å². The van der Waals surface area contributed by atoms with Gasteiger partial charge in [-0.2, -0.15) is 5.10 Å². The zero-order valence-corrected chi connectivity index (χ0v) is 16.5. The lowest BCUT2D eigenvalue weighted by molar-refractivity contribution is 0.344. The van der Waals surface area contributed by atoms with Gasteiger partial charge in [-0.15, -0.1) is 0 Å². The van der Waals surface area contributed by atoms with Crippen molar-refractivity contribution >= 4 is 23.2 Å². The second-order valence-electron chi connectivity index (χ2n) is 6.98. The molecule has 0 radical (unpaired) electrons. The standard InChI is InChI=1S/C20H20Cl2N4O/c1-13-11-17(14-7-9-15(21)10-8-14)26(24-13)19-20(27)25(12-18(22)23-19)16-5-3-2-4-6-16/h7-12,16H,2-6H2,1H3. The van der Waals surface area contributed by atoms with Crippen LogP contribution in [0.4, 0.5) is 0 Å². The van der Waals surface area contributed by atoms with E-state index in [1.165, 1.54) is 6.42 Å². The second-order valence-corrected chi connectivity index (χ2v) is 7.80. The zero-order valence-electron chi connectivity index (χ0n) is 15.0. The van der Waals surface area contributed by atoms with Crippen LogP contribution in [0.3, 0.4) is 0 Å². The highest BCUT2D eigenvalue weighted by atomic mass is 35.5. The lowest BCUT2D eigenvalue weighted by Gasteiger charge is -2.24. The van der Waals surface area contributed by atoms with Crippen LogP contribution in [0.25, 0.3) is 17.1 Å². The van der Waals surface area contributed by atoms with Gasteiger partial charge in [0.25, 0.3) is 5.56 Å². The van der Waals surface area contributed by atoms with Crippen molar-refractivity contribution in [2.75, 3.05) is 0 Å². The molecule has 0 unspecified atom stereocenters. The van der Waals surface area contributed by atoms with Crippen LogP contribution in [-0.4, -0.2) is 19.3 Å². The Bertz CT molecular complexity index is 1020. The molecule has 0 amide bonds. The number of aryl methyl sites for hydroxylation is 1. The Morgan fingerprint density at radius 3 is 2.48 bits per heavy atom. The normalized spacial score (nSPS) is 15.2. The highest BCUT2D eigenvalue weighted by Gasteiger charge is 2.21. The minimum atomic E-state index is -0.162. The van der Waals surface area contributed by atoms with Gasteiger partial charge in [0, 0.05) is 22.8 Å². The lowest BCUT2D eigenvalue weighted by atomic mass is 9.95. The average molecular weight is 403 g/mol.